The number of aryl methyl sites for hydroxylation is 1. The first-order valence-electron chi connectivity index (χ1n) is 9.56. The van der Waals surface area contributed by atoms with Crippen LogP contribution in [0.5, 0.6) is 17.2 Å². The van der Waals surface area contributed by atoms with E-state index >= 15 is 0 Å². The van der Waals surface area contributed by atoms with Gasteiger partial charge < -0.3 is 14.2 Å². The Morgan fingerprint density at radius 2 is 1.41 bits per heavy atom. The molecule has 0 spiro atoms. The number of ether oxygens (including phenoxy) is 3. The van der Waals surface area contributed by atoms with Crippen molar-refractivity contribution in [3.63, 3.8) is 0 Å². The number of hydrogen-bond donors (Lipinski definition) is 0. The summed E-state index contributed by atoms with van der Waals surface area (Å²) in [7, 11) is 4.70. The van der Waals surface area contributed by atoms with Gasteiger partial charge in [-0.05, 0) is 29.7 Å². The van der Waals surface area contributed by atoms with Gasteiger partial charge in [0.15, 0.2) is 17.3 Å². The van der Waals surface area contributed by atoms with Gasteiger partial charge in [-0.2, -0.15) is 0 Å². The van der Waals surface area contributed by atoms with E-state index in [0.29, 0.717) is 29.2 Å². The molecule has 0 saturated carbocycles. The highest BCUT2D eigenvalue weighted by molar-refractivity contribution is 6.07. The Bertz CT molecular complexity index is 1050. The molecule has 0 N–H and O–H groups in total. The summed E-state index contributed by atoms with van der Waals surface area (Å²) in [6.45, 7) is 2.06. The predicted octanol–water partition coefficient (Wildman–Crippen LogP) is 4.94. The largest absolute Gasteiger partial charge is 0.493 e. The fraction of sp³-hybridized carbons (Fsp3) is 0.240. The SMILES string of the molecule is COc1cc2c(c(OC)c1OC)C(=O)CC2(c1ccccc1)c1ccc(C)cc1. The summed E-state index contributed by atoms with van der Waals surface area (Å²) in [6, 6.07) is 20.4. The van der Waals surface area contributed by atoms with Gasteiger partial charge in [0.2, 0.25) is 5.75 Å². The number of hydrogen-bond acceptors (Lipinski definition) is 4. The van der Waals surface area contributed by atoms with E-state index in [-0.39, 0.29) is 5.78 Å². The smallest absolute Gasteiger partial charge is 0.204 e. The van der Waals surface area contributed by atoms with Crippen molar-refractivity contribution >= 4 is 5.78 Å². The lowest BCUT2D eigenvalue weighted by Crippen LogP contribution is -2.27. The van der Waals surface area contributed by atoms with Gasteiger partial charge in [-0.1, -0.05) is 60.2 Å². The van der Waals surface area contributed by atoms with Gasteiger partial charge in [-0.25, -0.2) is 0 Å². The molecular formula is C25H24O4. The Morgan fingerprint density at radius 3 is 2.00 bits per heavy atom. The molecule has 0 aliphatic heterocycles. The van der Waals surface area contributed by atoms with E-state index in [0.717, 1.165) is 16.7 Å². The lowest BCUT2D eigenvalue weighted by Gasteiger charge is -2.32. The minimum absolute atomic E-state index is 0.0298. The summed E-state index contributed by atoms with van der Waals surface area (Å²) in [5.41, 5.74) is 4.13. The highest BCUT2D eigenvalue weighted by Gasteiger charge is 2.49. The molecule has 4 rings (SSSR count). The van der Waals surface area contributed by atoms with Crippen molar-refractivity contribution in [2.45, 2.75) is 18.8 Å². The Hall–Kier alpha value is -3.27. The zero-order chi connectivity index (χ0) is 20.6. The molecule has 4 nitrogen and oxygen atoms in total. The average molecular weight is 388 g/mol. The molecule has 0 aromatic heterocycles. The van der Waals surface area contributed by atoms with Gasteiger partial charge in [0.25, 0.3) is 0 Å². The Morgan fingerprint density at radius 1 is 0.793 bits per heavy atom. The van der Waals surface area contributed by atoms with Crippen LogP contribution >= 0.6 is 0 Å². The zero-order valence-electron chi connectivity index (χ0n) is 17.1. The van der Waals surface area contributed by atoms with Gasteiger partial charge in [0.1, 0.15) is 0 Å². The van der Waals surface area contributed by atoms with Crippen LogP contribution in [-0.2, 0) is 5.41 Å². The molecule has 0 bridgehead atoms. The lowest BCUT2D eigenvalue weighted by molar-refractivity contribution is 0.0981. The van der Waals surface area contributed by atoms with Crippen LogP contribution in [0.15, 0.2) is 60.7 Å². The van der Waals surface area contributed by atoms with Gasteiger partial charge in [-0.3, -0.25) is 4.79 Å². The van der Waals surface area contributed by atoms with Crippen molar-refractivity contribution < 1.29 is 19.0 Å². The van der Waals surface area contributed by atoms with Crippen LogP contribution in [0.4, 0.5) is 0 Å². The molecule has 1 aliphatic rings. The van der Waals surface area contributed by atoms with Crippen molar-refractivity contribution in [1.29, 1.82) is 0 Å². The second-order valence-electron chi connectivity index (χ2n) is 7.31. The van der Waals surface area contributed by atoms with E-state index in [4.69, 9.17) is 14.2 Å². The third-order valence-corrected chi connectivity index (χ3v) is 5.81. The minimum atomic E-state index is -0.617. The van der Waals surface area contributed by atoms with Crippen molar-refractivity contribution in [3.05, 3.63) is 88.5 Å². The van der Waals surface area contributed by atoms with E-state index < -0.39 is 5.41 Å². The summed E-state index contributed by atoms with van der Waals surface area (Å²) in [5, 5.41) is 0. The van der Waals surface area contributed by atoms with Crippen LogP contribution in [0.2, 0.25) is 0 Å². The first kappa shape index (κ1) is 19.1. The Labute approximate surface area is 171 Å². The van der Waals surface area contributed by atoms with Gasteiger partial charge in [0, 0.05) is 6.42 Å². The van der Waals surface area contributed by atoms with E-state index in [2.05, 4.69) is 43.3 Å². The number of carbonyl (C=O) groups is 1. The third kappa shape index (κ3) is 2.79. The third-order valence-electron chi connectivity index (χ3n) is 5.81. The summed E-state index contributed by atoms with van der Waals surface area (Å²) >= 11 is 0. The first-order valence-corrected chi connectivity index (χ1v) is 9.56. The van der Waals surface area contributed by atoms with Gasteiger partial charge in [-0.15, -0.1) is 0 Å². The molecule has 148 valence electrons. The fourth-order valence-electron chi connectivity index (χ4n) is 4.44. The number of methoxy groups -OCH3 is 3. The molecule has 0 fully saturated rings. The van der Waals surface area contributed by atoms with E-state index in [1.54, 1.807) is 21.3 Å². The van der Waals surface area contributed by atoms with Crippen molar-refractivity contribution in [2.75, 3.05) is 21.3 Å². The van der Waals surface area contributed by atoms with Crippen LogP contribution in [0, 0.1) is 6.92 Å². The molecule has 1 unspecified atom stereocenters. The van der Waals surface area contributed by atoms with E-state index in [1.165, 1.54) is 5.56 Å². The molecule has 0 radical (unpaired) electrons. The summed E-state index contributed by atoms with van der Waals surface area (Å²) in [6.07, 6.45) is 0.322. The van der Waals surface area contributed by atoms with Gasteiger partial charge in [0.05, 0.1) is 32.3 Å². The second kappa shape index (κ2) is 7.28. The highest BCUT2D eigenvalue weighted by Crippen LogP contribution is 2.55. The summed E-state index contributed by atoms with van der Waals surface area (Å²) in [4.78, 5) is 13.4. The highest BCUT2D eigenvalue weighted by atomic mass is 16.5. The van der Waals surface area contributed by atoms with Crippen LogP contribution in [0.1, 0.15) is 39.0 Å². The second-order valence-corrected chi connectivity index (χ2v) is 7.31. The molecule has 29 heavy (non-hydrogen) atoms. The van der Waals surface area contributed by atoms with Gasteiger partial charge >= 0.3 is 0 Å². The molecular weight excluding hydrogens is 364 g/mol. The average Bonchev–Trinajstić information content (AvgIpc) is 3.06. The molecule has 4 heteroatoms. The molecule has 3 aromatic carbocycles. The molecule has 1 aliphatic carbocycles. The molecule has 1 atom stereocenters. The van der Waals surface area contributed by atoms with Crippen LogP contribution in [0.3, 0.4) is 0 Å². The summed E-state index contributed by atoms with van der Waals surface area (Å²) < 4.78 is 16.8. The maximum absolute atomic E-state index is 13.4. The maximum Gasteiger partial charge on any atom is 0.204 e. The fourth-order valence-corrected chi connectivity index (χ4v) is 4.44. The van der Waals surface area contributed by atoms with Crippen molar-refractivity contribution in [1.82, 2.24) is 0 Å². The molecule has 0 saturated heterocycles. The number of Topliss-reactive ketones (excluding diaryl/α,β-unsaturated/α-hetero) is 1. The minimum Gasteiger partial charge on any atom is -0.493 e. The van der Waals surface area contributed by atoms with Crippen LogP contribution < -0.4 is 14.2 Å². The first-order chi connectivity index (χ1) is 14.1. The number of carbonyl (C=O) groups excluding carboxylic acids is 1. The predicted molar refractivity (Wildman–Crippen MR) is 113 cm³/mol. The zero-order valence-corrected chi connectivity index (χ0v) is 17.1. The van der Waals surface area contributed by atoms with Crippen molar-refractivity contribution in [3.8, 4) is 17.2 Å². The quantitative estimate of drug-likeness (QED) is 0.621. The van der Waals surface area contributed by atoms with Crippen LogP contribution in [0.25, 0.3) is 0 Å². The monoisotopic (exact) mass is 388 g/mol. The molecule has 3 aromatic rings. The molecule has 0 amide bonds. The Kier molecular flexibility index (Phi) is 4.79. The lowest BCUT2D eigenvalue weighted by atomic mass is 9.70. The molecule has 0 heterocycles. The van der Waals surface area contributed by atoms with Crippen molar-refractivity contribution in [2.24, 2.45) is 0 Å². The van der Waals surface area contributed by atoms with Crippen LogP contribution in [-0.4, -0.2) is 27.1 Å². The normalized spacial score (nSPS) is 17.7. The summed E-state index contributed by atoms with van der Waals surface area (Å²) in [5.74, 6) is 1.44. The standard InChI is InChI=1S/C25H24O4/c1-16-10-12-18(13-11-16)25(17-8-6-5-7-9-17)15-20(26)22-19(25)14-21(27-2)23(28-3)24(22)29-4/h5-14H,15H2,1-4H3. The number of fused-ring (bicyclic) bond motifs is 1. The Balaban J connectivity index is 2.11. The maximum atomic E-state index is 13.4. The topological polar surface area (TPSA) is 44.8 Å². The number of benzene rings is 3. The van der Waals surface area contributed by atoms with E-state index in [9.17, 15) is 4.79 Å². The number of ketones is 1. The van der Waals surface area contributed by atoms with E-state index in [1.807, 2.05) is 24.3 Å². The number of rotatable bonds is 5.